The van der Waals surface area contributed by atoms with Crippen molar-refractivity contribution in [3.05, 3.63) is 127 Å². The van der Waals surface area contributed by atoms with Crippen LogP contribution in [0.4, 0.5) is 0 Å². The van der Waals surface area contributed by atoms with Gasteiger partial charge in [-0.15, -0.1) is 0 Å². The summed E-state index contributed by atoms with van der Waals surface area (Å²) in [6.45, 7) is 2.18. The molecule has 5 aromatic carbocycles. The minimum Gasteiger partial charge on any atom is -0.309 e. The smallest absolute Gasteiger partial charge is 0.0619 e. The maximum Gasteiger partial charge on any atom is 0.0619 e. The Labute approximate surface area is 188 Å². The van der Waals surface area contributed by atoms with Crippen molar-refractivity contribution < 1.29 is 0 Å². The van der Waals surface area contributed by atoms with Gasteiger partial charge in [-0.05, 0) is 53.4 Å². The molecule has 0 saturated heterocycles. The fraction of sp³-hybridized carbons (Fsp3) is 0.0323. The van der Waals surface area contributed by atoms with Crippen LogP contribution >= 0.6 is 0 Å². The third-order valence-corrected chi connectivity index (χ3v) is 6.34. The second kappa shape index (κ2) is 7.55. The number of fused-ring (bicyclic) bond motifs is 3. The standard InChI is InChI=1S/C31H23N/c1-22-11-5-6-16-26(22)23-12-9-13-24(21-23)27-18-10-19-29-28-17-7-8-20-30(28)32(31(27)29)25-14-3-2-4-15-25/h2-21H,1H3. The van der Waals surface area contributed by atoms with Gasteiger partial charge in [-0.3, -0.25) is 0 Å². The van der Waals surface area contributed by atoms with Gasteiger partial charge in [-0.1, -0.05) is 97.1 Å². The van der Waals surface area contributed by atoms with Crippen LogP contribution in [0, 0.1) is 6.92 Å². The molecule has 0 aliphatic heterocycles. The molecule has 1 nitrogen and oxygen atoms in total. The van der Waals surface area contributed by atoms with Gasteiger partial charge >= 0.3 is 0 Å². The van der Waals surface area contributed by atoms with Crippen LogP contribution in [0.25, 0.3) is 49.7 Å². The fourth-order valence-corrected chi connectivity index (χ4v) is 4.85. The number of aromatic nitrogens is 1. The Bertz CT molecular complexity index is 1570. The molecule has 0 atom stereocenters. The van der Waals surface area contributed by atoms with Crippen molar-refractivity contribution in [2.24, 2.45) is 0 Å². The van der Waals surface area contributed by atoms with E-state index in [1.807, 2.05) is 0 Å². The summed E-state index contributed by atoms with van der Waals surface area (Å²) in [6.07, 6.45) is 0. The van der Waals surface area contributed by atoms with Crippen LogP contribution in [0.2, 0.25) is 0 Å². The van der Waals surface area contributed by atoms with E-state index < -0.39 is 0 Å². The molecule has 0 amide bonds. The first-order valence-corrected chi connectivity index (χ1v) is 11.1. The largest absolute Gasteiger partial charge is 0.309 e. The van der Waals surface area contributed by atoms with Crippen LogP contribution in [-0.2, 0) is 0 Å². The monoisotopic (exact) mass is 409 g/mol. The highest BCUT2D eigenvalue weighted by atomic mass is 15.0. The molecule has 0 radical (unpaired) electrons. The lowest BCUT2D eigenvalue weighted by atomic mass is 9.95. The quantitative estimate of drug-likeness (QED) is 0.276. The summed E-state index contributed by atoms with van der Waals surface area (Å²) in [5.41, 5.74) is 9.97. The van der Waals surface area contributed by atoms with Gasteiger partial charge in [0.2, 0.25) is 0 Å². The van der Waals surface area contributed by atoms with Gasteiger partial charge in [-0.2, -0.15) is 0 Å². The lowest BCUT2D eigenvalue weighted by Gasteiger charge is -2.13. The Morgan fingerprint density at radius 2 is 1.12 bits per heavy atom. The van der Waals surface area contributed by atoms with Crippen molar-refractivity contribution >= 4 is 21.8 Å². The molecule has 0 spiro atoms. The molecule has 1 heterocycles. The van der Waals surface area contributed by atoms with Gasteiger partial charge in [0.15, 0.2) is 0 Å². The zero-order valence-corrected chi connectivity index (χ0v) is 18.0. The van der Waals surface area contributed by atoms with E-state index in [2.05, 4.69) is 133 Å². The SMILES string of the molecule is Cc1ccccc1-c1cccc(-c2cccc3c4ccccc4n(-c4ccccc4)c23)c1. The molecule has 152 valence electrons. The maximum absolute atomic E-state index is 2.40. The molecule has 6 aromatic rings. The average Bonchev–Trinajstić information content (AvgIpc) is 3.20. The van der Waals surface area contributed by atoms with Crippen molar-refractivity contribution in [2.45, 2.75) is 6.92 Å². The first kappa shape index (κ1) is 18.7. The number of nitrogens with zero attached hydrogens (tertiary/aromatic N) is 1. The molecule has 0 unspecified atom stereocenters. The molecule has 0 saturated carbocycles. The highest BCUT2D eigenvalue weighted by molar-refractivity contribution is 6.13. The Kier molecular flexibility index (Phi) is 4.40. The average molecular weight is 410 g/mol. The van der Waals surface area contributed by atoms with Crippen molar-refractivity contribution in [3.8, 4) is 27.9 Å². The summed E-state index contributed by atoms with van der Waals surface area (Å²) >= 11 is 0. The highest BCUT2D eigenvalue weighted by Gasteiger charge is 2.16. The van der Waals surface area contributed by atoms with E-state index in [0.29, 0.717) is 0 Å². The maximum atomic E-state index is 2.40. The van der Waals surface area contributed by atoms with Crippen LogP contribution < -0.4 is 0 Å². The van der Waals surface area contributed by atoms with Gasteiger partial charge < -0.3 is 4.57 Å². The Balaban J connectivity index is 1.67. The molecular weight excluding hydrogens is 386 g/mol. The first-order valence-electron chi connectivity index (χ1n) is 11.1. The summed E-state index contributed by atoms with van der Waals surface area (Å²) in [7, 11) is 0. The highest BCUT2D eigenvalue weighted by Crippen LogP contribution is 2.39. The minimum absolute atomic E-state index is 1.18. The van der Waals surface area contributed by atoms with E-state index in [0.717, 1.165) is 0 Å². The van der Waals surface area contributed by atoms with Gasteiger partial charge in [-0.25, -0.2) is 0 Å². The van der Waals surface area contributed by atoms with E-state index in [4.69, 9.17) is 0 Å². The third-order valence-electron chi connectivity index (χ3n) is 6.34. The Hall–Kier alpha value is -4.10. The number of hydrogen-bond acceptors (Lipinski definition) is 0. The molecule has 0 aliphatic rings. The molecule has 0 fully saturated rings. The van der Waals surface area contributed by atoms with Crippen molar-refractivity contribution in [1.82, 2.24) is 4.57 Å². The molecule has 0 aliphatic carbocycles. The predicted molar refractivity (Wildman–Crippen MR) is 136 cm³/mol. The molecule has 1 aromatic heterocycles. The molecule has 32 heavy (non-hydrogen) atoms. The normalized spacial score (nSPS) is 11.3. The van der Waals surface area contributed by atoms with Crippen LogP contribution in [0.15, 0.2) is 121 Å². The van der Waals surface area contributed by atoms with Crippen LogP contribution in [0.1, 0.15) is 5.56 Å². The lowest BCUT2D eigenvalue weighted by Crippen LogP contribution is -1.95. The first-order chi connectivity index (χ1) is 15.8. The Morgan fingerprint density at radius 3 is 1.97 bits per heavy atom. The van der Waals surface area contributed by atoms with Crippen LogP contribution in [-0.4, -0.2) is 4.57 Å². The second-order valence-electron chi connectivity index (χ2n) is 8.29. The van der Waals surface area contributed by atoms with Gasteiger partial charge in [0.05, 0.1) is 11.0 Å². The molecular formula is C31H23N. The summed E-state index contributed by atoms with van der Waals surface area (Å²) in [4.78, 5) is 0. The number of hydrogen-bond donors (Lipinski definition) is 0. The second-order valence-corrected chi connectivity index (χ2v) is 8.29. The van der Waals surface area contributed by atoms with E-state index in [9.17, 15) is 0 Å². The summed E-state index contributed by atoms with van der Waals surface area (Å²) in [5, 5.41) is 2.56. The van der Waals surface area contributed by atoms with E-state index in [1.165, 1.54) is 55.3 Å². The van der Waals surface area contributed by atoms with Crippen molar-refractivity contribution in [2.75, 3.05) is 0 Å². The number of para-hydroxylation sites is 3. The van der Waals surface area contributed by atoms with Crippen LogP contribution in [0.5, 0.6) is 0 Å². The third kappa shape index (κ3) is 2.94. The van der Waals surface area contributed by atoms with Gasteiger partial charge in [0.1, 0.15) is 0 Å². The lowest BCUT2D eigenvalue weighted by molar-refractivity contribution is 1.18. The Morgan fingerprint density at radius 1 is 0.500 bits per heavy atom. The molecule has 0 N–H and O–H groups in total. The van der Waals surface area contributed by atoms with E-state index >= 15 is 0 Å². The number of rotatable bonds is 3. The number of aryl methyl sites for hydroxylation is 1. The number of benzene rings is 5. The summed E-state index contributed by atoms with van der Waals surface area (Å²) in [5.74, 6) is 0. The van der Waals surface area contributed by atoms with Gasteiger partial charge in [0, 0.05) is 22.0 Å². The molecule has 1 heteroatoms. The van der Waals surface area contributed by atoms with Crippen LogP contribution in [0.3, 0.4) is 0 Å². The zero-order chi connectivity index (χ0) is 21.5. The molecule has 0 bridgehead atoms. The zero-order valence-electron chi connectivity index (χ0n) is 18.0. The summed E-state index contributed by atoms with van der Waals surface area (Å²) < 4.78 is 2.40. The summed E-state index contributed by atoms with van der Waals surface area (Å²) in [6, 6.07) is 43.6. The minimum atomic E-state index is 1.18. The van der Waals surface area contributed by atoms with Crippen molar-refractivity contribution in [1.29, 1.82) is 0 Å². The van der Waals surface area contributed by atoms with E-state index in [-0.39, 0.29) is 0 Å². The van der Waals surface area contributed by atoms with Crippen molar-refractivity contribution in [3.63, 3.8) is 0 Å². The van der Waals surface area contributed by atoms with E-state index in [1.54, 1.807) is 0 Å². The predicted octanol–water partition coefficient (Wildman–Crippen LogP) is 8.43. The molecule has 6 rings (SSSR count). The van der Waals surface area contributed by atoms with Gasteiger partial charge in [0.25, 0.3) is 0 Å². The topological polar surface area (TPSA) is 4.93 Å². The fourth-order valence-electron chi connectivity index (χ4n) is 4.85.